The van der Waals surface area contributed by atoms with Crippen LogP contribution < -0.4 is 5.73 Å². The molecule has 4 atom stereocenters. The molecule has 2 saturated carbocycles. The molecule has 2 aliphatic carbocycles. The highest BCUT2D eigenvalue weighted by Gasteiger charge is 2.55. The first-order chi connectivity index (χ1) is 9.79. The van der Waals surface area contributed by atoms with Gasteiger partial charge < -0.3 is 10.5 Å². The van der Waals surface area contributed by atoms with Crippen LogP contribution in [0.2, 0.25) is 0 Å². The molecule has 4 fully saturated rings. The van der Waals surface area contributed by atoms with Crippen molar-refractivity contribution in [1.29, 1.82) is 0 Å². The van der Waals surface area contributed by atoms with E-state index in [4.69, 9.17) is 10.5 Å². The lowest BCUT2D eigenvalue weighted by atomic mass is 9.77. The number of fused-ring (bicyclic) bond motifs is 1. The van der Waals surface area contributed by atoms with Crippen molar-refractivity contribution in [2.45, 2.75) is 63.0 Å². The zero-order valence-corrected chi connectivity index (χ0v) is 13.4. The summed E-state index contributed by atoms with van der Waals surface area (Å²) in [7, 11) is 0. The molecule has 2 N–H and O–H groups in total. The Kier molecular flexibility index (Phi) is 3.81. The van der Waals surface area contributed by atoms with E-state index in [0.29, 0.717) is 6.04 Å². The second-order valence-corrected chi connectivity index (χ2v) is 8.89. The van der Waals surface area contributed by atoms with Crippen molar-refractivity contribution in [3.63, 3.8) is 0 Å². The number of nitrogens with two attached hydrogens (primary N) is 1. The predicted octanol–water partition coefficient (Wildman–Crippen LogP) is 3.44. The number of thioether (sulfide) groups is 1. The van der Waals surface area contributed by atoms with E-state index in [-0.39, 0.29) is 5.60 Å². The van der Waals surface area contributed by atoms with Gasteiger partial charge in [-0.1, -0.05) is 12.8 Å². The average Bonchev–Trinajstić information content (AvgIpc) is 3.22. The molecule has 0 bridgehead atoms. The van der Waals surface area contributed by atoms with E-state index in [9.17, 15) is 0 Å². The van der Waals surface area contributed by atoms with E-state index in [1.165, 1.54) is 62.9 Å². The van der Waals surface area contributed by atoms with Crippen LogP contribution in [0.3, 0.4) is 0 Å². The summed E-state index contributed by atoms with van der Waals surface area (Å²) in [5.74, 6) is 6.18. The Labute approximate surface area is 127 Å². The Balaban J connectivity index is 1.40. The lowest BCUT2D eigenvalue weighted by molar-refractivity contribution is -0.106. The SMILES string of the molecule is NC(C1CCOC2(CCSCC2)C1)C1C2CCCCC21. The van der Waals surface area contributed by atoms with Crippen LogP contribution in [0.5, 0.6) is 0 Å². The Morgan fingerprint density at radius 1 is 1.05 bits per heavy atom. The summed E-state index contributed by atoms with van der Waals surface area (Å²) in [5.41, 5.74) is 6.96. The molecule has 2 aliphatic heterocycles. The lowest BCUT2D eigenvalue weighted by Gasteiger charge is -2.45. The summed E-state index contributed by atoms with van der Waals surface area (Å²) >= 11 is 2.10. The number of hydrogen-bond donors (Lipinski definition) is 1. The molecule has 114 valence electrons. The van der Waals surface area contributed by atoms with Gasteiger partial charge in [-0.25, -0.2) is 0 Å². The summed E-state index contributed by atoms with van der Waals surface area (Å²) in [4.78, 5) is 0. The maximum atomic E-state index is 6.74. The molecule has 2 saturated heterocycles. The van der Waals surface area contributed by atoms with Gasteiger partial charge in [0, 0.05) is 12.6 Å². The smallest absolute Gasteiger partial charge is 0.0701 e. The van der Waals surface area contributed by atoms with E-state index < -0.39 is 0 Å². The van der Waals surface area contributed by atoms with Crippen LogP contribution in [0.25, 0.3) is 0 Å². The first-order valence-electron chi connectivity index (χ1n) is 8.76. The van der Waals surface area contributed by atoms with E-state index in [2.05, 4.69) is 11.8 Å². The Hall–Kier alpha value is 0.270. The van der Waals surface area contributed by atoms with Gasteiger partial charge in [-0.15, -0.1) is 0 Å². The third-order valence-corrected chi connectivity index (χ3v) is 7.63. The van der Waals surface area contributed by atoms with Gasteiger partial charge in [-0.2, -0.15) is 11.8 Å². The standard InChI is InChI=1S/C17H29NOS/c18-16(15-13-3-1-2-4-14(13)15)12-5-8-19-17(11-12)6-9-20-10-7-17/h12-16H,1-11,18H2. The predicted molar refractivity (Wildman–Crippen MR) is 84.9 cm³/mol. The highest BCUT2D eigenvalue weighted by Crippen LogP contribution is 2.58. The summed E-state index contributed by atoms with van der Waals surface area (Å²) in [6.07, 6.45) is 10.8. The van der Waals surface area contributed by atoms with E-state index >= 15 is 0 Å². The van der Waals surface area contributed by atoms with Gasteiger partial charge in [0.25, 0.3) is 0 Å². The molecular formula is C17H29NOS. The largest absolute Gasteiger partial charge is 0.375 e. The quantitative estimate of drug-likeness (QED) is 0.847. The van der Waals surface area contributed by atoms with Gasteiger partial charge in [0.15, 0.2) is 0 Å². The number of rotatable bonds is 2. The van der Waals surface area contributed by atoms with Gasteiger partial charge >= 0.3 is 0 Å². The van der Waals surface area contributed by atoms with Crippen molar-refractivity contribution in [3.8, 4) is 0 Å². The fourth-order valence-electron chi connectivity index (χ4n) is 5.42. The molecular weight excluding hydrogens is 266 g/mol. The van der Waals surface area contributed by atoms with Crippen LogP contribution in [0.4, 0.5) is 0 Å². The molecule has 20 heavy (non-hydrogen) atoms. The molecule has 2 nitrogen and oxygen atoms in total. The minimum Gasteiger partial charge on any atom is -0.375 e. The van der Waals surface area contributed by atoms with Gasteiger partial charge in [0.05, 0.1) is 5.60 Å². The van der Waals surface area contributed by atoms with Gasteiger partial charge in [-0.3, -0.25) is 0 Å². The van der Waals surface area contributed by atoms with Crippen LogP contribution in [0.1, 0.15) is 51.4 Å². The molecule has 0 aromatic heterocycles. The maximum absolute atomic E-state index is 6.74. The molecule has 0 aromatic rings. The van der Waals surface area contributed by atoms with Crippen molar-refractivity contribution in [1.82, 2.24) is 0 Å². The van der Waals surface area contributed by atoms with Crippen LogP contribution in [-0.2, 0) is 4.74 Å². The van der Waals surface area contributed by atoms with E-state index in [1.807, 2.05) is 0 Å². The van der Waals surface area contributed by atoms with Crippen molar-refractivity contribution < 1.29 is 4.74 Å². The summed E-state index contributed by atoms with van der Waals surface area (Å²) in [6.45, 7) is 0.963. The third kappa shape index (κ3) is 2.44. The van der Waals surface area contributed by atoms with Crippen molar-refractivity contribution in [3.05, 3.63) is 0 Å². The van der Waals surface area contributed by atoms with Crippen molar-refractivity contribution >= 4 is 11.8 Å². The second kappa shape index (κ2) is 5.48. The van der Waals surface area contributed by atoms with Crippen molar-refractivity contribution in [2.75, 3.05) is 18.1 Å². The maximum Gasteiger partial charge on any atom is 0.0701 e. The van der Waals surface area contributed by atoms with Crippen molar-refractivity contribution in [2.24, 2.45) is 29.4 Å². The van der Waals surface area contributed by atoms with Gasteiger partial charge in [-0.05, 0) is 73.7 Å². The lowest BCUT2D eigenvalue weighted by Crippen LogP contribution is -2.48. The summed E-state index contributed by atoms with van der Waals surface area (Å²) in [6, 6.07) is 0.471. The Morgan fingerprint density at radius 3 is 2.45 bits per heavy atom. The fraction of sp³-hybridized carbons (Fsp3) is 1.00. The molecule has 4 aliphatic rings. The highest BCUT2D eigenvalue weighted by molar-refractivity contribution is 7.99. The topological polar surface area (TPSA) is 35.2 Å². The van der Waals surface area contributed by atoms with Crippen LogP contribution in [0, 0.1) is 23.7 Å². The third-order valence-electron chi connectivity index (χ3n) is 6.65. The van der Waals surface area contributed by atoms with Gasteiger partial charge in [0.1, 0.15) is 0 Å². The summed E-state index contributed by atoms with van der Waals surface area (Å²) in [5, 5.41) is 0. The van der Waals surface area contributed by atoms with Gasteiger partial charge in [0.2, 0.25) is 0 Å². The molecule has 0 amide bonds. The first-order valence-corrected chi connectivity index (χ1v) is 9.92. The molecule has 0 aromatic carbocycles. The minimum absolute atomic E-state index is 0.214. The number of hydrogen-bond acceptors (Lipinski definition) is 3. The highest BCUT2D eigenvalue weighted by atomic mass is 32.2. The molecule has 0 radical (unpaired) electrons. The normalized spacial score (nSPS) is 44.9. The molecule has 4 rings (SSSR count). The van der Waals surface area contributed by atoms with E-state index in [1.54, 1.807) is 0 Å². The van der Waals surface area contributed by atoms with E-state index in [0.717, 1.165) is 30.3 Å². The zero-order valence-electron chi connectivity index (χ0n) is 12.6. The monoisotopic (exact) mass is 295 g/mol. The Morgan fingerprint density at radius 2 is 1.75 bits per heavy atom. The van der Waals surface area contributed by atoms with Crippen LogP contribution >= 0.6 is 11.8 Å². The first kappa shape index (κ1) is 13.9. The minimum atomic E-state index is 0.214. The molecule has 1 spiro atoms. The molecule has 2 heterocycles. The fourth-order valence-corrected chi connectivity index (χ4v) is 6.66. The second-order valence-electron chi connectivity index (χ2n) is 7.66. The molecule has 4 unspecified atom stereocenters. The summed E-state index contributed by atoms with van der Waals surface area (Å²) < 4.78 is 6.24. The van der Waals surface area contributed by atoms with Crippen LogP contribution in [0.15, 0.2) is 0 Å². The number of ether oxygens (including phenoxy) is 1. The Bertz CT molecular complexity index is 337. The van der Waals surface area contributed by atoms with Crippen LogP contribution in [-0.4, -0.2) is 29.8 Å². The zero-order chi connectivity index (χ0) is 13.6. The average molecular weight is 295 g/mol. The molecule has 3 heteroatoms.